The van der Waals surface area contributed by atoms with E-state index in [0.717, 1.165) is 22.3 Å². The average Bonchev–Trinajstić information content (AvgIpc) is 2.96. The molecule has 39 heavy (non-hydrogen) atoms. The van der Waals surface area contributed by atoms with Crippen LogP contribution in [-0.2, 0) is 36.9 Å². The molecule has 0 amide bonds. The maximum atomic E-state index is 6.44. The lowest BCUT2D eigenvalue weighted by Crippen LogP contribution is -2.27. The van der Waals surface area contributed by atoms with E-state index in [-0.39, 0.29) is 24.4 Å². The lowest BCUT2D eigenvalue weighted by molar-refractivity contribution is -0.0992. The highest BCUT2D eigenvalue weighted by Crippen LogP contribution is 2.33. The van der Waals surface area contributed by atoms with Crippen LogP contribution < -0.4 is 9.47 Å². The van der Waals surface area contributed by atoms with E-state index in [0.29, 0.717) is 51.1 Å². The van der Waals surface area contributed by atoms with Gasteiger partial charge in [0, 0.05) is 11.1 Å². The van der Waals surface area contributed by atoms with E-state index in [2.05, 4.69) is 0 Å². The van der Waals surface area contributed by atoms with Crippen LogP contribution in [0.25, 0.3) is 0 Å². The summed E-state index contributed by atoms with van der Waals surface area (Å²) in [6.07, 6.45) is -0.727. The van der Waals surface area contributed by atoms with Crippen molar-refractivity contribution < 1.29 is 33.2 Å². The highest BCUT2D eigenvalue weighted by molar-refractivity contribution is 5.47. The zero-order valence-electron chi connectivity index (χ0n) is 23.3. The van der Waals surface area contributed by atoms with Crippen molar-refractivity contribution in [1.82, 2.24) is 0 Å². The van der Waals surface area contributed by atoms with Crippen LogP contribution in [0.1, 0.15) is 48.3 Å². The van der Waals surface area contributed by atoms with E-state index in [1.807, 2.05) is 86.6 Å². The second kappa shape index (κ2) is 15.0. The molecule has 3 aromatic carbocycles. The number of methoxy groups -OCH3 is 2. The molecule has 2 bridgehead atoms. The molecular weight excluding hydrogens is 496 g/mol. The fourth-order valence-corrected chi connectivity index (χ4v) is 4.67. The van der Waals surface area contributed by atoms with Crippen molar-refractivity contribution >= 4 is 0 Å². The highest BCUT2D eigenvalue weighted by atomic mass is 16.6. The normalized spacial score (nSPS) is 23.8. The van der Waals surface area contributed by atoms with Gasteiger partial charge in [0.1, 0.15) is 23.7 Å². The number of benzene rings is 3. The topological polar surface area (TPSA) is 64.6 Å². The molecule has 0 saturated heterocycles. The van der Waals surface area contributed by atoms with Gasteiger partial charge in [0.2, 0.25) is 0 Å². The van der Waals surface area contributed by atoms with Gasteiger partial charge in [0.05, 0.1) is 66.1 Å². The first-order chi connectivity index (χ1) is 19.1. The standard InChI is InChI=1S/C32H40O7/c1-23-17-35-21-30(25-11-7-5-8-12-25)37-19-27-15-29(33-3)16-28(32(27)34-4)20-38-31(22-36-18-24(2)39-23)26-13-9-6-10-14-26/h5-16,23-24,30-31H,17-22H2,1-4H3/t23-,24-,30+,31+/m0/s1. The SMILES string of the molecule is COc1cc2c(OC)c(c1)CO[C@@H](c1ccccc1)COC[C@H](C)O[C@@H](C)COC[C@H](c1ccccc1)OC2. The first-order valence-corrected chi connectivity index (χ1v) is 13.4. The van der Waals surface area contributed by atoms with Gasteiger partial charge >= 0.3 is 0 Å². The van der Waals surface area contributed by atoms with Gasteiger partial charge in [-0.2, -0.15) is 0 Å². The van der Waals surface area contributed by atoms with E-state index >= 15 is 0 Å². The number of ether oxygens (including phenoxy) is 7. The molecule has 3 aromatic rings. The molecule has 210 valence electrons. The lowest BCUT2D eigenvalue weighted by Gasteiger charge is -2.25. The molecule has 0 saturated carbocycles. The van der Waals surface area contributed by atoms with Gasteiger partial charge in [-0.15, -0.1) is 0 Å². The minimum absolute atomic E-state index is 0.0962. The minimum atomic E-state index is -0.267. The molecular formula is C32H40O7. The lowest BCUT2D eigenvalue weighted by atomic mass is 10.1. The summed E-state index contributed by atoms with van der Waals surface area (Å²) in [5, 5.41) is 0. The molecule has 0 unspecified atom stereocenters. The van der Waals surface area contributed by atoms with E-state index in [4.69, 9.17) is 33.2 Å². The van der Waals surface area contributed by atoms with E-state index in [9.17, 15) is 0 Å². The Morgan fingerprint density at radius 1 is 0.615 bits per heavy atom. The molecule has 0 aromatic heterocycles. The number of rotatable bonds is 4. The van der Waals surface area contributed by atoms with Crippen molar-refractivity contribution in [3.05, 3.63) is 95.1 Å². The molecule has 0 N–H and O–H groups in total. The Kier molecular flexibility index (Phi) is 11.2. The number of hydrogen-bond acceptors (Lipinski definition) is 7. The molecule has 0 fully saturated rings. The molecule has 1 aliphatic rings. The minimum Gasteiger partial charge on any atom is -0.497 e. The van der Waals surface area contributed by atoms with Crippen molar-refractivity contribution in [2.45, 2.75) is 51.5 Å². The van der Waals surface area contributed by atoms with Gasteiger partial charge in [-0.05, 0) is 37.1 Å². The van der Waals surface area contributed by atoms with Crippen molar-refractivity contribution in [2.24, 2.45) is 0 Å². The molecule has 4 rings (SSSR count). The maximum absolute atomic E-state index is 6.44. The third kappa shape index (κ3) is 8.52. The van der Waals surface area contributed by atoms with Crippen molar-refractivity contribution in [2.75, 3.05) is 40.6 Å². The summed E-state index contributed by atoms with van der Waals surface area (Å²) in [5.41, 5.74) is 3.82. The largest absolute Gasteiger partial charge is 0.497 e. The predicted molar refractivity (Wildman–Crippen MR) is 149 cm³/mol. The first kappa shape index (κ1) is 29.1. The van der Waals surface area contributed by atoms with Gasteiger partial charge in [-0.1, -0.05) is 60.7 Å². The number of fused-ring (bicyclic) bond motifs is 2. The van der Waals surface area contributed by atoms with Crippen LogP contribution in [0.5, 0.6) is 11.5 Å². The van der Waals surface area contributed by atoms with Crippen LogP contribution in [-0.4, -0.2) is 52.9 Å². The summed E-state index contributed by atoms with van der Waals surface area (Å²) in [6, 6.07) is 24.1. The fraction of sp³-hybridized carbons (Fsp3) is 0.438. The molecule has 7 nitrogen and oxygen atoms in total. The summed E-state index contributed by atoms with van der Waals surface area (Å²) >= 11 is 0. The van der Waals surface area contributed by atoms with Gasteiger partial charge in [0.25, 0.3) is 0 Å². The fourth-order valence-electron chi connectivity index (χ4n) is 4.67. The molecule has 7 heteroatoms. The van der Waals surface area contributed by atoms with Crippen molar-refractivity contribution in [3.8, 4) is 11.5 Å². The van der Waals surface area contributed by atoms with Crippen molar-refractivity contribution in [3.63, 3.8) is 0 Å². The molecule has 1 heterocycles. The van der Waals surface area contributed by atoms with Crippen LogP contribution in [0.4, 0.5) is 0 Å². The molecule has 4 atom stereocenters. The molecule has 0 radical (unpaired) electrons. The number of hydrogen-bond donors (Lipinski definition) is 0. The second-order valence-electron chi connectivity index (χ2n) is 9.73. The van der Waals surface area contributed by atoms with E-state index in [1.165, 1.54) is 0 Å². The van der Waals surface area contributed by atoms with Gasteiger partial charge in [-0.3, -0.25) is 0 Å². The van der Waals surface area contributed by atoms with Crippen molar-refractivity contribution in [1.29, 1.82) is 0 Å². The second-order valence-corrected chi connectivity index (χ2v) is 9.73. The van der Waals surface area contributed by atoms with Gasteiger partial charge in [-0.25, -0.2) is 0 Å². The van der Waals surface area contributed by atoms with Crippen LogP contribution in [0.3, 0.4) is 0 Å². The van der Waals surface area contributed by atoms with Gasteiger partial charge < -0.3 is 33.2 Å². The zero-order chi connectivity index (χ0) is 27.5. The first-order valence-electron chi connectivity index (χ1n) is 13.4. The predicted octanol–water partition coefficient (Wildman–Crippen LogP) is 6.06. The Morgan fingerprint density at radius 3 is 1.49 bits per heavy atom. The third-order valence-corrected chi connectivity index (χ3v) is 6.59. The Bertz CT molecular complexity index is 1040. The Labute approximate surface area is 231 Å². The average molecular weight is 537 g/mol. The van der Waals surface area contributed by atoms with Crippen LogP contribution in [0, 0.1) is 0 Å². The highest BCUT2D eigenvalue weighted by Gasteiger charge is 2.21. The molecule has 1 aliphatic heterocycles. The smallest absolute Gasteiger partial charge is 0.130 e. The monoisotopic (exact) mass is 536 g/mol. The maximum Gasteiger partial charge on any atom is 0.130 e. The van der Waals surface area contributed by atoms with E-state index < -0.39 is 0 Å². The van der Waals surface area contributed by atoms with E-state index in [1.54, 1.807) is 14.2 Å². The summed E-state index contributed by atoms with van der Waals surface area (Å²) in [7, 11) is 3.32. The zero-order valence-corrected chi connectivity index (χ0v) is 23.3. The summed E-state index contributed by atoms with van der Waals surface area (Å²) in [6.45, 7) is 6.30. The molecule has 0 aliphatic carbocycles. The summed E-state index contributed by atoms with van der Waals surface area (Å²) in [5.74, 6) is 1.43. The third-order valence-electron chi connectivity index (χ3n) is 6.59. The Balaban J connectivity index is 1.64. The summed E-state index contributed by atoms with van der Waals surface area (Å²) in [4.78, 5) is 0. The Hall–Kier alpha value is -2.94. The molecule has 0 spiro atoms. The van der Waals surface area contributed by atoms with Gasteiger partial charge in [0.15, 0.2) is 0 Å². The quantitative estimate of drug-likeness (QED) is 0.402. The Morgan fingerprint density at radius 2 is 1.08 bits per heavy atom. The van der Waals surface area contributed by atoms with Crippen LogP contribution in [0.15, 0.2) is 72.8 Å². The van der Waals surface area contributed by atoms with Crippen LogP contribution in [0.2, 0.25) is 0 Å². The van der Waals surface area contributed by atoms with Crippen LogP contribution >= 0.6 is 0 Å². The summed E-state index contributed by atoms with van der Waals surface area (Å²) < 4.78 is 42.6.